The molecule has 0 fully saturated rings. The lowest BCUT2D eigenvalue weighted by Crippen LogP contribution is -2.41. The van der Waals surface area contributed by atoms with Crippen molar-refractivity contribution in [2.75, 3.05) is 13.1 Å². The first-order valence-corrected chi connectivity index (χ1v) is 6.25. The minimum absolute atomic E-state index is 0.0621. The molecule has 0 spiro atoms. The van der Waals surface area contributed by atoms with E-state index in [2.05, 4.69) is 5.32 Å². The van der Waals surface area contributed by atoms with Gasteiger partial charge in [0.2, 0.25) is 0 Å². The maximum absolute atomic E-state index is 13.2. The lowest BCUT2D eigenvalue weighted by molar-refractivity contribution is -0.137. The Hall–Kier alpha value is -1.46. The first kappa shape index (κ1) is 15.6. The highest BCUT2D eigenvalue weighted by molar-refractivity contribution is 5.67. The van der Waals surface area contributed by atoms with Crippen molar-refractivity contribution >= 4 is 5.97 Å². The highest BCUT2D eigenvalue weighted by Gasteiger charge is 2.21. The van der Waals surface area contributed by atoms with E-state index in [9.17, 15) is 9.18 Å². The third-order valence-electron chi connectivity index (χ3n) is 3.02. The number of hydrogen-bond donors (Lipinski definition) is 3. The Bertz CT molecular complexity index is 435. The van der Waals surface area contributed by atoms with Crippen molar-refractivity contribution in [1.29, 1.82) is 0 Å². The van der Waals surface area contributed by atoms with Crippen LogP contribution in [0.2, 0.25) is 0 Å². The fraction of sp³-hybridized carbons (Fsp3) is 0.500. The van der Waals surface area contributed by atoms with Crippen LogP contribution in [-0.4, -0.2) is 30.2 Å². The first-order chi connectivity index (χ1) is 8.81. The van der Waals surface area contributed by atoms with E-state index in [1.165, 1.54) is 12.1 Å². The summed E-state index contributed by atoms with van der Waals surface area (Å²) in [6, 6.07) is 6.07. The Morgan fingerprint density at radius 1 is 1.53 bits per heavy atom. The van der Waals surface area contributed by atoms with Gasteiger partial charge in [-0.05, 0) is 17.7 Å². The molecule has 1 aromatic rings. The van der Waals surface area contributed by atoms with Crippen LogP contribution in [0, 0.1) is 5.82 Å². The van der Waals surface area contributed by atoms with Crippen molar-refractivity contribution in [3.8, 4) is 0 Å². The molecule has 1 rings (SSSR count). The second-order valence-electron chi connectivity index (χ2n) is 5.38. The third-order valence-corrected chi connectivity index (χ3v) is 3.02. The summed E-state index contributed by atoms with van der Waals surface area (Å²) in [6.45, 7) is 5.02. The van der Waals surface area contributed by atoms with Gasteiger partial charge in [0, 0.05) is 24.5 Å². The molecule has 0 saturated heterocycles. The molecule has 5 heteroatoms. The summed E-state index contributed by atoms with van der Waals surface area (Å²) >= 11 is 0. The van der Waals surface area contributed by atoms with Crippen molar-refractivity contribution < 1.29 is 14.3 Å². The zero-order chi connectivity index (χ0) is 14.5. The second kappa shape index (κ2) is 6.63. The molecule has 1 unspecified atom stereocenters. The number of carboxylic acid groups (broad SMARTS) is 1. The van der Waals surface area contributed by atoms with E-state index < -0.39 is 12.0 Å². The maximum Gasteiger partial charge on any atom is 0.304 e. The number of benzene rings is 1. The Balaban J connectivity index is 2.49. The van der Waals surface area contributed by atoms with Gasteiger partial charge in [-0.1, -0.05) is 26.0 Å². The number of nitrogens with two attached hydrogens (primary N) is 1. The van der Waals surface area contributed by atoms with Crippen molar-refractivity contribution in [3.05, 3.63) is 35.6 Å². The van der Waals surface area contributed by atoms with Gasteiger partial charge in [-0.25, -0.2) is 4.39 Å². The second-order valence-corrected chi connectivity index (χ2v) is 5.38. The van der Waals surface area contributed by atoms with Gasteiger partial charge in [0.15, 0.2) is 0 Å². The third kappa shape index (κ3) is 5.36. The number of aliphatic carboxylic acids is 1. The normalized spacial score (nSPS) is 13.3. The van der Waals surface area contributed by atoms with Crippen LogP contribution in [0.25, 0.3) is 0 Å². The number of carboxylic acids is 1. The fourth-order valence-electron chi connectivity index (χ4n) is 1.88. The first-order valence-electron chi connectivity index (χ1n) is 6.25. The van der Waals surface area contributed by atoms with Gasteiger partial charge in [-0.15, -0.1) is 0 Å². The highest BCUT2D eigenvalue weighted by atomic mass is 19.1. The van der Waals surface area contributed by atoms with Gasteiger partial charge in [0.1, 0.15) is 5.82 Å². The summed E-state index contributed by atoms with van der Waals surface area (Å²) in [5.74, 6) is -1.16. The lowest BCUT2D eigenvalue weighted by Gasteiger charge is -2.26. The SMILES string of the molecule is CC(C)(CNCC(N)CC(=O)O)c1cccc(F)c1. The maximum atomic E-state index is 13.2. The molecular formula is C14H21FN2O2. The molecule has 0 radical (unpaired) electrons. The van der Waals surface area contributed by atoms with Gasteiger partial charge in [0.05, 0.1) is 6.42 Å². The van der Waals surface area contributed by atoms with Crippen LogP contribution in [-0.2, 0) is 10.2 Å². The molecule has 4 N–H and O–H groups in total. The van der Waals surface area contributed by atoms with Gasteiger partial charge < -0.3 is 16.2 Å². The fourth-order valence-corrected chi connectivity index (χ4v) is 1.88. The molecule has 0 aliphatic rings. The van der Waals surface area contributed by atoms with Crippen molar-refractivity contribution in [2.45, 2.75) is 31.7 Å². The zero-order valence-electron chi connectivity index (χ0n) is 11.3. The molecular weight excluding hydrogens is 247 g/mol. The van der Waals surface area contributed by atoms with Crippen LogP contribution in [0.3, 0.4) is 0 Å². The summed E-state index contributed by atoms with van der Waals surface area (Å²) in [7, 11) is 0. The molecule has 0 aliphatic carbocycles. The standard InChI is InChI=1S/C14H21FN2O2/c1-14(2,10-4-3-5-11(15)6-10)9-17-8-12(16)7-13(18)19/h3-6,12,17H,7-9,16H2,1-2H3,(H,18,19). The molecule has 4 nitrogen and oxygen atoms in total. The van der Waals surface area contributed by atoms with E-state index in [4.69, 9.17) is 10.8 Å². The van der Waals surface area contributed by atoms with Crippen molar-refractivity contribution in [2.24, 2.45) is 5.73 Å². The predicted molar refractivity (Wildman–Crippen MR) is 72.5 cm³/mol. The number of nitrogens with one attached hydrogen (secondary N) is 1. The van der Waals surface area contributed by atoms with Gasteiger partial charge >= 0.3 is 5.97 Å². The van der Waals surface area contributed by atoms with Gasteiger partial charge in [-0.2, -0.15) is 0 Å². The zero-order valence-corrected chi connectivity index (χ0v) is 11.3. The highest BCUT2D eigenvalue weighted by Crippen LogP contribution is 2.22. The Kier molecular flexibility index (Phi) is 5.44. The molecule has 0 heterocycles. The molecule has 1 atom stereocenters. The monoisotopic (exact) mass is 268 g/mol. The molecule has 0 bridgehead atoms. The summed E-state index contributed by atoms with van der Waals surface area (Å²) in [5, 5.41) is 11.7. The summed E-state index contributed by atoms with van der Waals surface area (Å²) in [5.41, 5.74) is 6.31. The van der Waals surface area contributed by atoms with E-state index in [0.717, 1.165) is 5.56 Å². The van der Waals surface area contributed by atoms with E-state index >= 15 is 0 Å². The Labute approximate surface area is 112 Å². The smallest absolute Gasteiger partial charge is 0.304 e. The number of carbonyl (C=O) groups is 1. The molecule has 0 aromatic heterocycles. The lowest BCUT2D eigenvalue weighted by atomic mass is 9.84. The molecule has 19 heavy (non-hydrogen) atoms. The van der Waals surface area contributed by atoms with E-state index in [-0.39, 0.29) is 17.7 Å². The van der Waals surface area contributed by atoms with Crippen LogP contribution in [0.5, 0.6) is 0 Å². The van der Waals surface area contributed by atoms with Gasteiger partial charge in [0.25, 0.3) is 0 Å². The van der Waals surface area contributed by atoms with Crippen LogP contribution >= 0.6 is 0 Å². The Morgan fingerprint density at radius 2 is 2.21 bits per heavy atom. The molecule has 0 aliphatic heterocycles. The van der Waals surface area contributed by atoms with Crippen LogP contribution < -0.4 is 11.1 Å². The van der Waals surface area contributed by atoms with E-state index in [0.29, 0.717) is 13.1 Å². The average molecular weight is 268 g/mol. The van der Waals surface area contributed by atoms with Crippen molar-refractivity contribution in [3.63, 3.8) is 0 Å². The Morgan fingerprint density at radius 3 is 2.79 bits per heavy atom. The van der Waals surface area contributed by atoms with Gasteiger partial charge in [-0.3, -0.25) is 4.79 Å². The summed E-state index contributed by atoms with van der Waals surface area (Å²) in [6.07, 6.45) is -0.0621. The summed E-state index contributed by atoms with van der Waals surface area (Å²) in [4.78, 5) is 10.5. The van der Waals surface area contributed by atoms with E-state index in [1.807, 2.05) is 19.9 Å². The minimum atomic E-state index is -0.904. The summed E-state index contributed by atoms with van der Waals surface area (Å²) < 4.78 is 13.2. The largest absolute Gasteiger partial charge is 0.481 e. The number of rotatable bonds is 7. The van der Waals surface area contributed by atoms with Crippen LogP contribution in [0.4, 0.5) is 4.39 Å². The topological polar surface area (TPSA) is 75.3 Å². The minimum Gasteiger partial charge on any atom is -0.481 e. The molecule has 1 aromatic carbocycles. The molecule has 106 valence electrons. The quantitative estimate of drug-likeness (QED) is 0.700. The average Bonchev–Trinajstić information content (AvgIpc) is 2.27. The molecule has 0 amide bonds. The number of halogens is 1. The molecule has 0 saturated carbocycles. The van der Waals surface area contributed by atoms with Crippen LogP contribution in [0.15, 0.2) is 24.3 Å². The number of hydrogen-bond acceptors (Lipinski definition) is 3. The van der Waals surface area contributed by atoms with Crippen LogP contribution in [0.1, 0.15) is 25.8 Å². The van der Waals surface area contributed by atoms with E-state index in [1.54, 1.807) is 6.07 Å². The predicted octanol–water partition coefficient (Wildman–Crippen LogP) is 1.49. The van der Waals surface area contributed by atoms with Crippen molar-refractivity contribution in [1.82, 2.24) is 5.32 Å².